The highest BCUT2D eigenvalue weighted by molar-refractivity contribution is 7.09. The number of aliphatic carboxylic acids is 1. The molecule has 0 atom stereocenters. The van der Waals surface area contributed by atoms with Gasteiger partial charge in [0.2, 0.25) is 0 Å². The van der Waals surface area contributed by atoms with Crippen molar-refractivity contribution in [3.63, 3.8) is 0 Å². The van der Waals surface area contributed by atoms with E-state index in [1.807, 2.05) is 42.8 Å². The lowest BCUT2D eigenvalue weighted by Gasteiger charge is -2.39. The second-order valence-electron chi connectivity index (χ2n) is 5.96. The van der Waals surface area contributed by atoms with Crippen molar-refractivity contribution >= 4 is 17.3 Å². The van der Waals surface area contributed by atoms with Gasteiger partial charge in [0.05, 0.1) is 12.0 Å². The minimum absolute atomic E-state index is 0.650. The molecule has 1 N–H and O–H groups in total. The van der Waals surface area contributed by atoms with Crippen molar-refractivity contribution in [2.45, 2.75) is 31.7 Å². The van der Waals surface area contributed by atoms with Crippen LogP contribution in [0, 0.1) is 6.92 Å². The summed E-state index contributed by atoms with van der Waals surface area (Å²) in [5, 5.41) is 12.9. The van der Waals surface area contributed by atoms with E-state index in [1.54, 1.807) is 11.3 Å². The lowest BCUT2D eigenvalue weighted by molar-refractivity contribution is -0.146. The van der Waals surface area contributed by atoms with Gasteiger partial charge in [-0.25, -0.2) is 4.98 Å². The first kappa shape index (κ1) is 15.2. The predicted octanol–water partition coefficient (Wildman–Crippen LogP) is 3.07. The lowest BCUT2D eigenvalue weighted by atomic mass is 9.72. The Hall–Kier alpha value is -1.72. The summed E-state index contributed by atoms with van der Waals surface area (Å²) in [4.78, 5) is 18.6. The summed E-state index contributed by atoms with van der Waals surface area (Å²) in [7, 11) is 0. The van der Waals surface area contributed by atoms with Crippen LogP contribution in [0.1, 0.15) is 29.0 Å². The molecule has 22 heavy (non-hydrogen) atoms. The number of likely N-dealkylation sites (tertiary alicyclic amines) is 1. The highest BCUT2D eigenvalue weighted by atomic mass is 32.1. The number of piperidine rings is 1. The molecular formula is C17H20N2O2S. The molecular weight excluding hydrogens is 296 g/mol. The van der Waals surface area contributed by atoms with Gasteiger partial charge in [0.15, 0.2) is 0 Å². The smallest absolute Gasteiger partial charge is 0.314 e. The van der Waals surface area contributed by atoms with E-state index < -0.39 is 11.4 Å². The minimum Gasteiger partial charge on any atom is -0.481 e. The van der Waals surface area contributed by atoms with Gasteiger partial charge in [0.25, 0.3) is 0 Å². The Morgan fingerprint density at radius 2 is 2.00 bits per heavy atom. The van der Waals surface area contributed by atoms with Gasteiger partial charge >= 0.3 is 5.97 Å². The Morgan fingerprint density at radius 1 is 1.32 bits per heavy atom. The molecule has 1 aliphatic rings. The minimum atomic E-state index is -0.743. The molecule has 0 radical (unpaired) electrons. The van der Waals surface area contributed by atoms with Crippen LogP contribution in [0.2, 0.25) is 0 Å². The van der Waals surface area contributed by atoms with Crippen molar-refractivity contribution in [1.29, 1.82) is 0 Å². The van der Waals surface area contributed by atoms with E-state index in [0.29, 0.717) is 12.8 Å². The van der Waals surface area contributed by atoms with E-state index in [2.05, 4.69) is 9.88 Å². The van der Waals surface area contributed by atoms with E-state index in [9.17, 15) is 9.90 Å². The standard InChI is InChI=1S/C17H20N2O2S/c1-13-2-4-14(5-3-13)17(16(20)21)6-9-19(10-7-17)12-15-18-8-11-22-15/h2-5,8,11H,6-7,9-10,12H2,1H3,(H,20,21). The number of thiazole rings is 1. The Morgan fingerprint density at radius 3 is 2.55 bits per heavy atom. The Labute approximate surface area is 134 Å². The summed E-state index contributed by atoms with van der Waals surface area (Å²) >= 11 is 1.65. The first-order valence-electron chi connectivity index (χ1n) is 7.51. The Balaban J connectivity index is 1.74. The molecule has 1 aromatic heterocycles. The fourth-order valence-electron chi connectivity index (χ4n) is 3.11. The van der Waals surface area contributed by atoms with Gasteiger partial charge in [-0.15, -0.1) is 11.3 Å². The van der Waals surface area contributed by atoms with E-state index >= 15 is 0 Å². The Bertz CT molecular complexity index is 629. The van der Waals surface area contributed by atoms with Crippen LogP contribution in [-0.2, 0) is 16.8 Å². The molecule has 1 aliphatic heterocycles. The van der Waals surface area contributed by atoms with Crippen molar-refractivity contribution < 1.29 is 9.90 Å². The van der Waals surface area contributed by atoms with Crippen LogP contribution in [0.25, 0.3) is 0 Å². The zero-order chi connectivity index (χ0) is 15.6. The molecule has 0 amide bonds. The molecule has 3 rings (SSSR count). The van der Waals surface area contributed by atoms with Crippen molar-refractivity contribution in [2.24, 2.45) is 0 Å². The maximum atomic E-state index is 12.0. The number of hydrogen-bond donors (Lipinski definition) is 1. The average Bonchev–Trinajstić information content (AvgIpc) is 3.02. The molecule has 1 saturated heterocycles. The van der Waals surface area contributed by atoms with Gasteiger partial charge in [-0.05, 0) is 25.3 Å². The van der Waals surface area contributed by atoms with Crippen molar-refractivity contribution in [3.05, 3.63) is 52.0 Å². The summed E-state index contributed by atoms with van der Waals surface area (Å²) in [5.41, 5.74) is 1.34. The van der Waals surface area contributed by atoms with Gasteiger partial charge < -0.3 is 5.11 Å². The first-order chi connectivity index (χ1) is 10.6. The SMILES string of the molecule is Cc1ccc(C2(C(=O)O)CCN(Cc3nccs3)CC2)cc1. The number of rotatable bonds is 4. The van der Waals surface area contributed by atoms with Gasteiger partial charge in [-0.3, -0.25) is 9.69 Å². The third-order valence-electron chi connectivity index (χ3n) is 4.57. The summed E-state index contributed by atoms with van der Waals surface area (Å²) in [6.07, 6.45) is 3.12. The molecule has 0 unspecified atom stereocenters. The van der Waals surface area contributed by atoms with Crippen LogP contribution in [0.3, 0.4) is 0 Å². The Kier molecular flexibility index (Phi) is 4.27. The van der Waals surface area contributed by atoms with Gasteiger partial charge in [-0.1, -0.05) is 29.8 Å². The fraction of sp³-hybridized carbons (Fsp3) is 0.412. The number of carbonyl (C=O) groups is 1. The third kappa shape index (κ3) is 2.91. The quantitative estimate of drug-likeness (QED) is 0.942. The zero-order valence-electron chi connectivity index (χ0n) is 12.7. The number of carboxylic acid groups (broad SMARTS) is 1. The summed E-state index contributed by atoms with van der Waals surface area (Å²) in [6, 6.07) is 7.95. The van der Waals surface area contributed by atoms with E-state index in [4.69, 9.17) is 0 Å². The highest BCUT2D eigenvalue weighted by Crippen LogP contribution is 2.36. The summed E-state index contributed by atoms with van der Waals surface area (Å²) in [5.74, 6) is -0.703. The monoisotopic (exact) mass is 316 g/mol. The maximum absolute atomic E-state index is 12.0. The molecule has 2 heterocycles. The number of benzene rings is 1. The first-order valence-corrected chi connectivity index (χ1v) is 8.39. The second kappa shape index (κ2) is 6.18. The van der Waals surface area contributed by atoms with Crippen LogP contribution in [0.5, 0.6) is 0 Å². The molecule has 0 bridgehead atoms. The van der Waals surface area contributed by atoms with Gasteiger partial charge in [-0.2, -0.15) is 0 Å². The van der Waals surface area contributed by atoms with Crippen LogP contribution in [0.15, 0.2) is 35.8 Å². The van der Waals surface area contributed by atoms with Crippen LogP contribution >= 0.6 is 11.3 Å². The van der Waals surface area contributed by atoms with Crippen LogP contribution in [-0.4, -0.2) is 34.0 Å². The van der Waals surface area contributed by atoms with Crippen LogP contribution in [0.4, 0.5) is 0 Å². The molecule has 4 nitrogen and oxygen atoms in total. The van der Waals surface area contributed by atoms with Crippen molar-refractivity contribution in [2.75, 3.05) is 13.1 Å². The lowest BCUT2D eigenvalue weighted by Crippen LogP contribution is -2.47. The van der Waals surface area contributed by atoms with Crippen molar-refractivity contribution in [3.8, 4) is 0 Å². The average molecular weight is 316 g/mol. The number of aromatic nitrogens is 1. The van der Waals surface area contributed by atoms with E-state index in [0.717, 1.165) is 35.8 Å². The largest absolute Gasteiger partial charge is 0.481 e. The second-order valence-corrected chi connectivity index (χ2v) is 6.93. The molecule has 1 fully saturated rings. The molecule has 1 aromatic carbocycles. The topological polar surface area (TPSA) is 53.4 Å². The molecule has 2 aromatic rings. The van der Waals surface area contributed by atoms with Crippen LogP contribution < -0.4 is 0 Å². The van der Waals surface area contributed by atoms with Gasteiger partial charge in [0, 0.05) is 24.7 Å². The summed E-state index contributed by atoms with van der Waals surface area (Å²) in [6.45, 7) is 4.43. The number of hydrogen-bond acceptors (Lipinski definition) is 4. The summed E-state index contributed by atoms with van der Waals surface area (Å²) < 4.78 is 0. The zero-order valence-corrected chi connectivity index (χ0v) is 13.5. The molecule has 0 spiro atoms. The number of carboxylic acids is 1. The predicted molar refractivity (Wildman–Crippen MR) is 87.1 cm³/mol. The molecule has 5 heteroatoms. The molecule has 0 saturated carbocycles. The number of nitrogens with zero attached hydrogens (tertiary/aromatic N) is 2. The highest BCUT2D eigenvalue weighted by Gasteiger charge is 2.43. The van der Waals surface area contributed by atoms with Gasteiger partial charge in [0.1, 0.15) is 5.01 Å². The normalized spacial score (nSPS) is 18.2. The maximum Gasteiger partial charge on any atom is 0.314 e. The van der Waals surface area contributed by atoms with E-state index in [1.165, 1.54) is 0 Å². The number of aryl methyl sites for hydroxylation is 1. The third-order valence-corrected chi connectivity index (χ3v) is 5.33. The van der Waals surface area contributed by atoms with Crippen molar-refractivity contribution in [1.82, 2.24) is 9.88 Å². The molecule has 0 aliphatic carbocycles. The fourth-order valence-corrected chi connectivity index (χ4v) is 3.77. The molecule has 116 valence electrons. The van der Waals surface area contributed by atoms with E-state index in [-0.39, 0.29) is 0 Å².